The van der Waals surface area contributed by atoms with Crippen molar-refractivity contribution in [1.29, 1.82) is 0 Å². The number of rotatable bonds is 18. The molecule has 0 saturated heterocycles. The van der Waals surface area contributed by atoms with Crippen molar-refractivity contribution in [3.05, 3.63) is 0 Å². The van der Waals surface area contributed by atoms with E-state index in [1.165, 1.54) is 112 Å². The van der Waals surface area contributed by atoms with Crippen LogP contribution < -0.4 is 0 Å². The van der Waals surface area contributed by atoms with E-state index in [4.69, 9.17) is 9.29 Å². The Morgan fingerprint density at radius 2 is 0.727 bits per heavy atom. The summed E-state index contributed by atoms with van der Waals surface area (Å²) in [6.07, 6.45) is 23.1. The second kappa shape index (κ2) is 20.1. The molecule has 0 N–H and O–H groups in total. The summed E-state index contributed by atoms with van der Waals surface area (Å²) in [6, 6.07) is 0. The zero-order chi connectivity index (χ0) is 16.3. The van der Waals surface area contributed by atoms with E-state index >= 15 is 0 Å². The summed E-state index contributed by atoms with van der Waals surface area (Å²) in [5, 5.41) is 0. The molecular weight excluding hydrogens is 391 g/mol. The predicted octanol–water partition coefficient (Wildman–Crippen LogP) is 8.46. The molecule has 0 heterocycles. The molecule has 0 nitrogen and oxygen atoms in total. The number of hydrogen-bond acceptors (Lipinski definition) is 1. The fraction of sp³-hybridized carbons (Fsp3) is 1.00. The van der Waals surface area contributed by atoms with Crippen LogP contribution in [0.4, 0.5) is 0 Å². The van der Waals surface area contributed by atoms with Gasteiger partial charge in [0.1, 0.15) is 0 Å². The molecule has 0 saturated carbocycles. The average Bonchev–Trinajstić information content (AvgIpc) is 2.52. The van der Waals surface area contributed by atoms with E-state index in [0.29, 0.717) is 0 Å². The van der Waals surface area contributed by atoms with Crippen LogP contribution in [0.2, 0.25) is 8.87 Å². The second-order valence-electron chi connectivity index (χ2n) is 6.99. The average molecular weight is 433 g/mol. The molecule has 0 aliphatic heterocycles. The third-order valence-electron chi connectivity index (χ3n) is 4.62. The predicted molar refractivity (Wildman–Crippen MR) is 108 cm³/mol. The first-order valence-electron chi connectivity index (χ1n) is 10.3. The van der Waals surface area contributed by atoms with E-state index in [0.717, 1.165) is 0 Å². The Morgan fingerprint density at radius 3 is 1.05 bits per heavy atom. The molecule has 0 spiro atoms. The van der Waals surface area contributed by atoms with Crippen molar-refractivity contribution in [2.75, 3.05) is 0 Å². The molecule has 132 valence electrons. The Hall–Kier alpha value is 1.02. The molecule has 0 aromatic heterocycles. The van der Waals surface area contributed by atoms with Gasteiger partial charge in [0, 0.05) is 0 Å². The van der Waals surface area contributed by atoms with Gasteiger partial charge < -0.3 is 0 Å². The molecule has 0 radical (unpaired) electrons. The number of unbranched alkanes of at least 4 members (excludes halogenated alkanes) is 14. The Bertz CT molecular complexity index is 206. The fourth-order valence-corrected chi connectivity index (χ4v) is 9.37. The molecule has 0 aliphatic rings. The molecule has 22 heavy (non-hydrogen) atoms. The molecular formula is C20H42SSn. The normalized spacial score (nSPS) is 11.0. The quantitative estimate of drug-likeness (QED) is 0.154. The van der Waals surface area contributed by atoms with E-state index in [9.17, 15) is 0 Å². The van der Waals surface area contributed by atoms with Gasteiger partial charge in [-0.3, -0.25) is 0 Å². The Morgan fingerprint density at radius 1 is 0.455 bits per heavy atom. The summed E-state index contributed by atoms with van der Waals surface area (Å²) in [5.74, 6) is 0. The number of hydrogen-bond donors (Lipinski definition) is 0. The monoisotopic (exact) mass is 434 g/mol. The third-order valence-corrected chi connectivity index (χ3v) is 12.6. The van der Waals surface area contributed by atoms with Crippen molar-refractivity contribution in [3.63, 3.8) is 0 Å². The van der Waals surface area contributed by atoms with E-state index in [2.05, 4.69) is 13.8 Å². The van der Waals surface area contributed by atoms with Crippen molar-refractivity contribution < 1.29 is 0 Å². The molecule has 0 aliphatic carbocycles. The summed E-state index contributed by atoms with van der Waals surface area (Å²) >= 11 is -1.31. The Balaban J connectivity index is 3.13. The van der Waals surface area contributed by atoms with Crippen molar-refractivity contribution >= 4 is 27.1 Å². The first-order chi connectivity index (χ1) is 10.8. The summed E-state index contributed by atoms with van der Waals surface area (Å²) in [6.45, 7) is 4.59. The van der Waals surface area contributed by atoms with Gasteiger partial charge in [0.2, 0.25) is 0 Å². The first-order valence-corrected chi connectivity index (χ1v) is 18.3. The molecule has 2 heteroatoms. The van der Waals surface area contributed by atoms with Gasteiger partial charge >= 0.3 is 153 Å². The summed E-state index contributed by atoms with van der Waals surface area (Å²) in [5.41, 5.74) is 0. The summed E-state index contributed by atoms with van der Waals surface area (Å²) in [4.78, 5) is 0. The van der Waals surface area contributed by atoms with Crippen LogP contribution in [0.25, 0.3) is 0 Å². The molecule has 0 rings (SSSR count). The van der Waals surface area contributed by atoms with Crippen LogP contribution in [0, 0.1) is 0 Å². The molecule has 0 bridgehead atoms. The van der Waals surface area contributed by atoms with Gasteiger partial charge in [-0.25, -0.2) is 0 Å². The Kier molecular flexibility index (Phi) is 21.0. The van der Waals surface area contributed by atoms with Crippen molar-refractivity contribution in [2.45, 2.75) is 125 Å². The van der Waals surface area contributed by atoms with Gasteiger partial charge in [-0.1, -0.05) is 0 Å². The van der Waals surface area contributed by atoms with E-state index in [1.54, 1.807) is 0 Å². The molecule has 0 aromatic rings. The van der Waals surface area contributed by atoms with Gasteiger partial charge in [-0.15, -0.1) is 0 Å². The molecule has 0 amide bonds. The zero-order valence-corrected chi connectivity index (χ0v) is 19.3. The molecule has 0 unspecified atom stereocenters. The van der Waals surface area contributed by atoms with Crippen LogP contribution in [0.5, 0.6) is 0 Å². The maximum atomic E-state index is 5.80. The van der Waals surface area contributed by atoms with Crippen LogP contribution in [0.15, 0.2) is 0 Å². The van der Waals surface area contributed by atoms with E-state index < -0.39 is 17.8 Å². The van der Waals surface area contributed by atoms with Crippen LogP contribution in [-0.2, 0) is 0 Å². The zero-order valence-electron chi connectivity index (χ0n) is 15.6. The molecule has 0 atom stereocenters. The molecule has 0 aromatic carbocycles. The minimum atomic E-state index is -1.31. The van der Waals surface area contributed by atoms with Gasteiger partial charge in [0.05, 0.1) is 0 Å². The van der Waals surface area contributed by atoms with Gasteiger partial charge in [-0.05, 0) is 0 Å². The Labute approximate surface area is 152 Å². The first kappa shape index (κ1) is 23.0. The van der Waals surface area contributed by atoms with Crippen LogP contribution in [0.1, 0.15) is 117 Å². The van der Waals surface area contributed by atoms with Crippen LogP contribution in [-0.4, -0.2) is 17.8 Å². The topological polar surface area (TPSA) is 0 Å². The van der Waals surface area contributed by atoms with Crippen molar-refractivity contribution in [2.24, 2.45) is 0 Å². The van der Waals surface area contributed by atoms with Crippen molar-refractivity contribution in [3.8, 4) is 0 Å². The van der Waals surface area contributed by atoms with E-state index in [1.807, 2.05) is 0 Å². The summed E-state index contributed by atoms with van der Waals surface area (Å²) in [7, 11) is 5.80. The third kappa shape index (κ3) is 19.1. The van der Waals surface area contributed by atoms with Gasteiger partial charge in [0.25, 0.3) is 0 Å². The summed E-state index contributed by atoms with van der Waals surface area (Å²) < 4.78 is 2.98. The maximum absolute atomic E-state index is 5.80. The second-order valence-corrected chi connectivity index (χ2v) is 16.8. The fourth-order valence-electron chi connectivity index (χ4n) is 3.04. The van der Waals surface area contributed by atoms with Crippen LogP contribution in [0.3, 0.4) is 0 Å². The standard InChI is InChI=1S/2C10H21.S.Sn/c2*1-3-5-7-9-10-8-6-4-2;;/h2*1,3-10H2,2H3;;. The molecule has 0 fully saturated rings. The minimum absolute atomic E-state index is 1.31. The van der Waals surface area contributed by atoms with Crippen molar-refractivity contribution in [1.82, 2.24) is 0 Å². The van der Waals surface area contributed by atoms with Gasteiger partial charge in [-0.2, -0.15) is 0 Å². The van der Waals surface area contributed by atoms with Gasteiger partial charge in [0.15, 0.2) is 0 Å². The van der Waals surface area contributed by atoms with E-state index in [-0.39, 0.29) is 0 Å². The van der Waals surface area contributed by atoms with Crippen LogP contribution >= 0.6 is 9.29 Å². The SMILES string of the molecule is CCCCCCCCC[CH2][Sn](=[S])[CH2]CCCCCCCCC.